The second-order valence-electron chi connectivity index (χ2n) is 5.09. The maximum Gasteiger partial charge on any atom is 0.203 e. The van der Waals surface area contributed by atoms with E-state index in [1.54, 1.807) is 12.1 Å². The number of hydrogen-bond donors (Lipinski definition) is 0. The lowest BCUT2D eigenvalue weighted by atomic mass is 9.90. The van der Waals surface area contributed by atoms with Gasteiger partial charge in [-0.3, -0.25) is 4.79 Å². The number of ketones is 1. The molecule has 0 radical (unpaired) electrons. The molecule has 1 atom stereocenters. The lowest BCUT2D eigenvalue weighted by Crippen LogP contribution is -2.15. The van der Waals surface area contributed by atoms with Gasteiger partial charge < -0.3 is 14.2 Å². The zero-order chi connectivity index (χ0) is 16.0. The van der Waals surface area contributed by atoms with Gasteiger partial charge in [-0.1, -0.05) is 13.8 Å². The first-order valence-corrected chi connectivity index (χ1v) is 6.72. The summed E-state index contributed by atoms with van der Waals surface area (Å²) < 4.78 is 15.7. The number of nitrogens with zero attached hydrogens (tertiary/aromatic N) is 1. The smallest absolute Gasteiger partial charge is 0.203 e. The van der Waals surface area contributed by atoms with Crippen molar-refractivity contribution in [2.75, 3.05) is 21.3 Å². The van der Waals surface area contributed by atoms with Gasteiger partial charge in [0.15, 0.2) is 17.3 Å². The van der Waals surface area contributed by atoms with Crippen LogP contribution >= 0.6 is 0 Å². The normalized spacial score (nSPS) is 11.7. The topological polar surface area (TPSA) is 68.6 Å². The Labute approximate surface area is 125 Å². The van der Waals surface area contributed by atoms with Gasteiger partial charge in [-0.05, 0) is 24.5 Å². The van der Waals surface area contributed by atoms with Crippen LogP contribution in [0.15, 0.2) is 12.1 Å². The summed E-state index contributed by atoms with van der Waals surface area (Å²) >= 11 is 0. The molecule has 0 aliphatic heterocycles. The number of benzene rings is 1. The Balaban J connectivity index is 3.24. The molecule has 0 N–H and O–H groups in total. The third-order valence-corrected chi connectivity index (χ3v) is 3.13. The van der Waals surface area contributed by atoms with Crippen LogP contribution in [-0.2, 0) is 0 Å². The van der Waals surface area contributed by atoms with E-state index in [-0.39, 0.29) is 11.7 Å². The molecule has 0 aromatic heterocycles. The van der Waals surface area contributed by atoms with Gasteiger partial charge in [-0.15, -0.1) is 0 Å². The van der Waals surface area contributed by atoms with Crippen molar-refractivity contribution in [3.05, 3.63) is 17.7 Å². The third kappa shape index (κ3) is 3.88. The van der Waals surface area contributed by atoms with Crippen LogP contribution in [0.25, 0.3) is 0 Å². The van der Waals surface area contributed by atoms with Gasteiger partial charge in [-0.25, -0.2) is 0 Å². The van der Waals surface area contributed by atoms with E-state index >= 15 is 0 Å². The molecule has 0 saturated heterocycles. The van der Waals surface area contributed by atoms with Crippen LogP contribution in [0.2, 0.25) is 0 Å². The zero-order valence-electron chi connectivity index (χ0n) is 13.1. The van der Waals surface area contributed by atoms with Gasteiger partial charge in [0.2, 0.25) is 5.75 Å². The number of carbonyl (C=O) groups is 1. The number of rotatable bonds is 7. The monoisotopic (exact) mass is 291 g/mol. The molecule has 1 aromatic rings. The minimum Gasteiger partial charge on any atom is -0.493 e. The van der Waals surface area contributed by atoms with Gasteiger partial charge in [0.1, 0.15) is 5.92 Å². The SMILES string of the molecule is COc1cc(C(=O)C(C#N)CC(C)C)cc(OC)c1OC. The molecule has 0 aliphatic carbocycles. The quantitative estimate of drug-likeness (QED) is 0.722. The highest BCUT2D eigenvalue weighted by molar-refractivity contribution is 6.00. The van der Waals surface area contributed by atoms with Crippen molar-refractivity contribution in [2.45, 2.75) is 20.3 Å². The molecule has 21 heavy (non-hydrogen) atoms. The first kappa shape index (κ1) is 16.8. The van der Waals surface area contributed by atoms with Crippen molar-refractivity contribution < 1.29 is 19.0 Å². The lowest BCUT2D eigenvalue weighted by molar-refractivity contribution is 0.0936. The van der Waals surface area contributed by atoms with E-state index in [1.165, 1.54) is 21.3 Å². The molecule has 5 nitrogen and oxygen atoms in total. The van der Waals surface area contributed by atoms with E-state index in [0.717, 1.165) is 0 Å². The molecule has 0 bridgehead atoms. The average molecular weight is 291 g/mol. The summed E-state index contributed by atoms with van der Waals surface area (Å²) in [5, 5.41) is 9.20. The number of hydrogen-bond acceptors (Lipinski definition) is 5. The maximum absolute atomic E-state index is 12.5. The third-order valence-electron chi connectivity index (χ3n) is 3.13. The van der Waals surface area contributed by atoms with E-state index in [1.807, 2.05) is 13.8 Å². The van der Waals surface area contributed by atoms with E-state index in [4.69, 9.17) is 14.2 Å². The van der Waals surface area contributed by atoms with Crippen molar-refractivity contribution >= 4 is 5.78 Å². The highest BCUT2D eigenvalue weighted by Gasteiger charge is 2.24. The fourth-order valence-electron chi connectivity index (χ4n) is 2.11. The van der Waals surface area contributed by atoms with Crippen LogP contribution in [0.4, 0.5) is 0 Å². The van der Waals surface area contributed by atoms with E-state index in [9.17, 15) is 10.1 Å². The molecule has 0 fully saturated rings. The van der Waals surface area contributed by atoms with Gasteiger partial charge in [0.05, 0.1) is 27.4 Å². The average Bonchev–Trinajstić information content (AvgIpc) is 2.49. The number of Topliss-reactive ketones (excluding diaryl/α,β-unsaturated/α-hetero) is 1. The standard InChI is InChI=1S/C16H21NO4/c1-10(2)6-12(9-17)15(18)11-7-13(19-3)16(21-5)14(8-11)20-4/h7-8,10,12H,6H2,1-5H3. The van der Waals surface area contributed by atoms with Crippen LogP contribution in [0.1, 0.15) is 30.6 Å². The van der Waals surface area contributed by atoms with Gasteiger partial charge in [-0.2, -0.15) is 5.26 Å². The van der Waals surface area contributed by atoms with Gasteiger partial charge >= 0.3 is 0 Å². The molecule has 114 valence electrons. The van der Waals surface area contributed by atoms with Crippen LogP contribution in [0.5, 0.6) is 17.2 Å². The summed E-state index contributed by atoms with van der Waals surface area (Å²) in [5.41, 5.74) is 0.386. The molecule has 1 aromatic carbocycles. The zero-order valence-corrected chi connectivity index (χ0v) is 13.1. The maximum atomic E-state index is 12.5. The first-order valence-electron chi connectivity index (χ1n) is 6.72. The van der Waals surface area contributed by atoms with Gasteiger partial charge in [0, 0.05) is 5.56 Å². The molecule has 0 heterocycles. The fourth-order valence-corrected chi connectivity index (χ4v) is 2.11. The summed E-state index contributed by atoms with van der Waals surface area (Å²) in [7, 11) is 4.47. The highest BCUT2D eigenvalue weighted by atomic mass is 16.5. The Bertz CT molecular complexity index is 521. The summed E-state index contributed by atoms with van der Waals surface area (Å²) in [6.45, 7) is 3.96. The number of methoxy groups -OCH3 is 3. The Morgan fingerprint density at radius 1 is 1.14 bits per heavy atom. The molecule has 0 saturated carbocycles. The Hall–Kier alpha value is -2.22. The number of ether oxygens (including phenoxy) is 3. The summed E-state index contributed by atoms with van der Waals surface area (Å²) in [5.74, 6) is 0.593. The van der Waals surface area contributed by atoms with Crippen molar-refractivity contribution in [2.24, 2.45) is 11.8 Å². The van der Waals surface area contributed by atoms with Crippen molar-refractivity contribution in [1.29, 1.82) is 5.26 Å². The second kappa shape index (κ2) is 7.53. The van der Waals surface area contributed by atoms with Crippen molar-refractivity contribution in [1.82, 2.24) is 0 Å². The molecule has 5 heteroatoms. The second-order valence-corrected chi connectivity index (χ2v) is 5.09. The number of carbonyl (C=O) groups excluding carboxylic acids is 1. The summed E-state index contributed by atoms with van der Waals surface area (Å²) in [6, 6.07) is 5.23. The van der Waals surface area contributed by atoms with Gasteiger partial charge in [0.25, 0.3) is 0 Å². The largest absolute Gasteiger partial charge is 0.493 e. The first-order chi connectivity index (χ1) is 9.98. The minimum absolute atomic E-state index is 0.231. The summed E-state index contributed by atoms with van der Waals surface area (Å²) in [4.78, 5) is 12.5. The van der Waals surface area contributed by atoms with Crippen LogP contribution in [0, 0.1) is 23.2 Å². The molecule has 0 spiro atoms. The molecule has 0 amide bonds. The summed E-state index contributed by atoms with van der Waals surface area (Å²) in [6.07, 6.45) is 0.520. The number of nitriles is 1. The highest BCUT2D eigenvalue weighted by Crippen LogP contribution is 2.38. The lowest BCUT2D eigenvalue weighted by Gasteiger charge is -2.15. The van der Waals surface area contributed by atoms with E-state index in [2.05, 4.69) is 6.07 Å². The fraction of sp³-hybridized carbons (Fsp3) is 0.500. The Kier molecular flexibility index (Phi) is 6.04. The predicted octanol–water partition coefficient (Wildman–Crippen LogP) is 3.08. The molecule has 1 rings (SSSR count). The van der Waals surface area contributed by atoms with E-state index in [0.29, 0.717) is 29.2 Å². The van der Waals surface area contributed by atoms with Crippen molar-refractivity contribution in [3.8, 4) is 23.3 Å². The van der Waals surface area contributed by atoms with E-state index < -0.39 is 5.92 Å². The van der Waals surface area contributed by atoms with Crippen LogP contribution < -0.4 is 14.2 Å². The predicted molar refractivity (Wildman–Crippen MR) is 79.0 cm³/mol. The Morgan fingerprint density at radius 2 is 1.67 bits per heavy atom. The Morgan fingerprint density at radius 3 is 2.00 bits per heavy atom. The van der Waals surface area contributed by atoms with Crippen molar-refractivity contribution in [3.63, 3.8) is 0 Å². The molecule has 1 unspecified atom stereocenters. The van der Waals surface area contributed by atoms with Crippen LogP contribution in [-0.4, -0.2) is 27.1 Å². The molecule has 0 aliphatic rings. The molecular weight excluding hydrogens is 270 g/mol. The molecular formula is C16H21NO4. The minimum atomic E-state index is -0.673. The van der Waals surface area contributed by atoms with Crippen LogP contribution in [0.3, 0.4) is 0 Å².